The van der Waals surface area contributed by atoms with Crippen LogP contribution >= 0.6 is 15.9 Å². The molecule has 1 saturated carbocycles. The Bertz CT molecular complexity index is 858. The normalized spacial score (nSPS) is 16.0. The topological polar surface area (TPSA) is 88.3 Å². The number of hydrogen-bond acceptors (Lipinski definition) is 5. The van der Waals surface area contributed by atoms with E-state index < -0.39 is 5.54 Å². The van der Waals surface area contributed by atoms with Gasteiger partial charge in [-0.05, 0) is 30.5 Å². The third-order valence-electron chi connectivity index (χ3n) is 5.58. The zero-order valence-electron chi connectivity index (χ0n) is 17.6. The molecule has 162 valence electrons. The molecule has 0 bridgehead atoms. The van der Waals surface area contributed by atoms with Gasteiger partial charge in [-0.25, -0.2) is 0 Å². The first-order valence-electron chi connectivity index (χ1n) is 10.5. The second-order valence-electron chi connectivity index (χ2n) is 8.07. The average molecular weight is 477 g/mol. The minimum atomic E-state index is -0.563. The maximum Gasteiger partial charge on any atom is 0.227 e. The third kappa shape index (κ3) is 5.90. The summed E-state index contributed by atoms with van der Waals surface area (Å²) in [5.74, 6) is 0.895. The largest absolute Gasteiger partial charge is 0.343 e. The number of nitrogens with one attached hydrogen (secondary N) is 1. The number of hydrogen-bond donors (Lipinski definition) is 1. The highest BCUT2D eigenvalue weighted by molar-refractivity contribution is 9.10. The van der Waals surface area contributed by atoms with E-state index in [1.165, 1.54) is 6.92 Å². The first-order chi connectivity index (χ1) is 14.4. The number of carbonyl (C=O) groups is 2. The minimum Gasteiger partial charge on any atom is -0.343 e. The van der Waals surface area contributed by atoms with E-state index >= 15 is 0 Å². The fourth-order valence-corrected chi connectivity index (χ4v) is 4.25. The van der Waals surface area contributed by atoms with Crippen LogP contribution in [-0.2, 0) is 28.1 Å². The van der Waals surface area contributed by atoms with E-state index in [0.717, 1.165) is 48.6 Å². The summed E-state index contributed by atoms with van der Waals surface area (Å²) in [6.07, 6.45) is 6.61. The first kappa shape index (κ1) is 22.5. The second-order valence-corrected chi connectivity index (χ2v) is 8.98. The Morgan fingerprint density at radius 1 is 1.17 bits per heavy atom. The highest BCUT2D eigenvalue weighted by Crippen LogP contribution is 2.34. The Hall–Kier alpha value is -2.22. The van der Waals surface area contributed by atoms with Gasteiger partial charge in [-0.3, -0.25) is 9.59 Å². The van der Waals surface area contributed by atoms with Crippen molar-refractivity contribution in [3.05, 3.63) is 46.0 Å². The van der Waals surface area contributed by atoms with E-state index in [-0.39, 0.29) is 11.8 Å². The summed E-state index contributed by atoms with van der Waals surface area (Å²) in [4.78, 5) is 30.6. The zero-order chi connectivity index (χ0) is 21.6. The molecule has 3 rings (SSSR count). The summed E-state index contributed by atoms with van der Waals surface area (Å²) in [6.45, 7) is 2.07. The molecular formula is C22H29BrN4O3. The zero-order valence-corrected chi connectivity index (χ0v) is 19.2. The molecule has 0 aliphatic heterocycles. The van der Waals surface area contributed by atoms with Crippen LogP contribution in [0.3, 0.4) is 0 Å². The number of halogens is 1. The molecule has 1 aliphatic carbocycles. The molecule has 2 amide bonds. The highest BCUT2D eigenvalue weighted by Gasteiger charge is 2.38. The minimum absolute atomic E-state index is 0.0173. The third-order valence-corrected chi connectivity index (χ3v) is 6.11. The Kier molecular flexibility index (Phi) is 7.64. The van der Waals surface area contributed by atoms with Gasteiger partial charge in [-0.2, -0.15) is 4.98 Å². The van der Waals surface area contributed by atoms with Crippen LogP contribution < -0.4 is 5.32 Å². The van der Waals surface area contributed by atoms with E-state index in [2.05, 4.69) is 31.4 Å². The summed E-state index contributed by atoms with van der Waals surface area (Å²) in [6, 6.07) is 7.91. The highest BCUT2D eigenvalue weighted by atomic mass is 79.9. The molecule has 1 aromatic carbocycles. The maximum atomic E-state index is 12.5. The summed E-state index contributed by atoms with van der Waals surface area (Å²) >= 11 is 3.42. The van der Waals surface area contributed by atoms with Gasteiger partial charge in [0.05, 0.1) is 0 Å². The van der Waals surface area contributed by atoms with Gasteiger partial charge >= 0.3 is 0 Å². The van der Waals surface area contributed by atoms with Crippen LogP contribution in [0.1, 0.15) is 69.1 Å². The van der Waals surface area contributed by atoms with Crippen LogP contribution in [0.2, 0.25) is 0 Å². The van der Waals surface area contributed by atoms with Gasteiger partial charge in [-0.15, -0.1) is 0 Å². The summed E-state index contributed by atoms with van der Waals surface area (Å²) in [7, 11) is 1.79. The molecule has 1 N–H and O–H groups in total. The van der Waals surface area contributed by atoms with Gasteiger partial charge in [0.2, 0.25) is 17.7 Å². The van der Waals surface area contributed by atoms with Crippen LogP contribution in [0.25, 0.3) is 0 Å². The average Bonchev–Trinajstić information content (AvgIpc) is 3.07. The standard InChI is InChI=1S/C22H29BrN4O3/c1-16(28)25-22(13-5-3-4-6-14-22)21-24-19(30-26-21)11-12-20(29)27(2)15-17-7-9-18(23)10-8-17/h7-10H,3-6,11-15H2,1-2H3,(H,25,28). The fourth-order valence-electron chi connectivity index (χ4n) is 3.98. The molecule has 0 spiro atoms. The molecule has 0 saturated heterocycles. The number of aryl methyl sites for hydroxylation is 1. The first-order valence-corrected chi connectivity index (χ1v) is 11.3. The van der Waals surface area contributed by atoms with Crippen molar-refractivity contribution >= 4 is 27.7 Å². The van der Waals surface area contributed by atoms with Crippen molar-refractivity contribution in [1.82, 2.24) is 20.4 Å². The monoisotopic (exact) mass is 476 g/mol. The van der Waals surface area contributed by atoms with Crippen molar-refractivity contribution in [3.63, 3.8) is 0 Å². The van der Waals surface area contributed by atoms with Crippen molar-refractivity contribution in [3.8, 4) is 0 Å². The van der Waals surface area contributed by atoms with Crippen molar-refractivity contribution in [2.75, 3.05) is 7.05 Å². The summed E-state index contributed by atoms with van der Waals surface area (Å²) < 4.78 is 6.45. The van der Waals surface area contributed by atoms with Crippen LogP contribution in [0.5, 0.6) is 0 Å². The van der Waals surface area contributed by atoms with E-state index in [1.807, 2.05) is 24.3 Å². The predicted molar refractivity (Wildman–Crippen MR) is 116 cm³/mol. The van der Waals surface area contributed by atoms with Crippen molar-refractivity contribution in [1.29, 1.82) is 0 Å². The Labute approximate surface area is 185 Å². The van der Waals surface area contributed by atoms with Crippen LogP contribution in [0.15, 0.2) is 33.3 Å². The molecule has 1 heterocycles. The lowest BCUT2D eigenvalue weighted by Crippen LogP contribution is -2.45. The van der Waals surface area contributed by atoms with E-state index in [0.29, 0.717) is 31.1 Å². The lowest BCUT2D eigenvalue weighted by molar-refractivity contribution is -0.130. The van der Waals surface area contributed by atoms with Crippen molar-refractivity contribution < 1.29 is 14.1 Å². The predicted octanol–water partition coefficient (Wildman–Crippen LogP) is 4.11. The van der Waals surface area contributed by atoms with Gasteiger partial charge < -0.3 is 14.7 Å². The smallest absolute Gasteiger partial charge is 0.227 e. The van der Waals surface area contributed by atoms with Crippen molar-refractivity contribution in [2.45, 2.75) is 70.4 Å². The van der Waals surface area contributed by atoms with Crippen LogP contribution in [-0.4, -0.2) is 33.9 Å². The lowest BCUT2D eigenvalue weighted by atomic mass is 9.89. The molecule has 7 nitrogen and oxygen atoms in total. The molecule has 1 aromatic heterocycles. The SMILES string of the molecule is CC(=O)NC1(c2noc(CCC(=O)N(C)Cc3ccc(Br)cc3)n2)CCCCCC1. The maximum absolute atomic E-state index is 12.5. The van der Waals surface area contributed by atoms with Gasteiger partial charge in [0.15, 0.2) is 5.82 Å². The second kappa shape index (κ2) is 10.2. The fraction of sp³-hybridized carbons (Fsp3) is 0.545. The summed E-state index contributed by atoms with van der Waals surface area (Å²) in [5.41, 5.74) is 0.506. The van der Waals surface area contributed by atoms with Crippen LogP contribution in [0, 0.1) is 0 Å². The van der Waals surface area contributed by atoms with E-state index in [1.54, 1.807) is 11.9 Å². The van der Waals surface area contributed by atoms with Gasteiger partial charge in [0.1, 0.15) is 5.54 Å². The lowest BCUT2D eigenvalue weighted by Gasteiger charge is -2.30. The number of aromatic nitrogens is 2. The number of rotatable bonds is 7. The quantitative estimate of drug-likeness (QED) is 0.607. The number of carbonyl (C=O) groups excluding carboxylic acids is 2. The van der Waals surface area contributed by atoms with Crippen LogP contribution in [0.4, 0.5) is 0 Å². The molecule has 8 heteroatoms. The van der Waals surface area contributed by atoms with Crippen molar-refractivity contribution in [2.24, 2.45) is 0 Å². The molecule has 1 fully saturated rings. The molecule has 0 unspecified atom stereocenters. The Morgan fingerprint density at radius 3 is 2.47 bits per heavy atom. The molecule has 2 aromatic rings. The summed E-state index contributed by atoms with van der Waals surface area (Å²) in [5, 5.41) is 7.25. The van der Waals surface area contributed by atoms with Gasteiger partial charge in [-0.1, -0.05) is 58.9 Å². The number of benzene rings is 1. The Morgan fingerprint density at radius 2 is 1.83 bits per heavy atom. The molecular weight excluding hydrogens is 448 g/mol. The molecule has 0 atom stereocenters. The Balaban J connectivity index is 1.60. The van der Waals surface area contributed by atoms with Gasteiger partial charge in [0, 0.05) is 37.8 Å². The number of nitrogens with zero attached hydrogens (tertiary/aromatic N) is 3. The molecule has 1 aliphatic rings. The van der Waals surface area contributed by atoms with E-state index in [9.17, 15) is 9.59 Å². The number of amides is 2. The molecule has 30 heavy (non-hydrogen) atoms. The van der Waals surface area contributed by atoms with Gasteiger partial charge in [0.25, 0.3) is 0 Å². The molecule has 0 radical (unpaired) electrons. The van der Waals surface area contributed by atoms with E-state index in [4.69, 9.17) is 4.52 Å².